The molecule has 0 aromatic heterocycles. The first-order valence-electron chi connectivity index (χ1n) is 7.43. The highest BCUT2D eigenvalue weighted by atomic mass is 16.2. The Morgan fingerprint density at radius 3 is 2.22 bits per heavy atom. The minimum absolute atomic E-state index is 0.1000. The fourth-order valence-corrected chi connectivity index (χ4v) is 2.69. The highest BCUT2D eigenvalue weighted by Crippen LogP contribution is 2.25. The molecule has 106 valence electrons. The number of carbonyl (C=O) groups excluding carboxylic acids is 1. The molecular weight excluding hydrogens is 224 g/mol. The molecule has 18 heavy (non-hydrogen) atoms. The Kier molecular flexibility index (Phi) is 6.13. The van der Waals surface area contributed by atoms with Gasteiger partial charge in [0.05, 0.1) is 6.54 Å². The van der Waals surface area contributed by atoms with Gasteiger partial charge in [0.15, 0.2) is 0 Å². The van der Waals surface area contributed by atoms with E-state index in [1.54, 1.807) is 0 Å². The van der Waals surface area contributed by atoms with Crippen molar-refractivity contribution in [1.82, 2.24) is 10.6 Å². The predicted octanol–water partition coefficient (Wildman–Crippen LogP) is 2.85. The molecule has 0 aromatic rings. The molecular formula is C15H30N2O. The quantitative estimate of drug-likeness (QED) is 0.757. The first-order valence-corrected chi connectivity index (χ1v) is 7.43. The van der Waals surface area contributed by atoms with Crippen LogP contribution >= 0.6 is 0 Å². The third-order valence-corrected chi connectivity index (χ3v) is 3.71. The van der Waals surface area contributed by atoms with Gasteiger partial charge in [0.2, 0.25) is 5.91 Å². The smallest absolute Gasteiger partial charge is 0.234 e. The second kappa shape index (κ2) is 7.13. The van der Waals surface area contributed by atoms with Gasteiger partial charge in [0, 0.05) is 11.6 Å². The summed E-state index contributed by atoms with van der Waals surface area (Å²) in [5.74, 6) is 0.845. The zero-order valence-electron chi connectivity index (χ0n) is 12.5. The summed E-state index contributed by atoms with van der Waals surface area (Å²) < 4.78 is 0. The molecule has 1 aliphatic rings. The summed E-state index contributed by atoms with van der Waals surface area (Å²) >= 11 is 0. The van der Waals surface area contributed by atoms with Crippen molar-refractivity contribution in [3.05, 3.63) is 0 Å². The first-order chi connectivity index (χ1) is 8.38. The van der Waals surface area contributed by atoms with Crippen LogP contribution in [-0.4, -0.2) is 24.0 Å². The van der Waals surface area contributed by atoms with E-state index < -0.39 is 0 Å². The van der Waals surface area contributed by atoms with Gasteiger partial charge in [-0.3, -0.25) is 4.79 Å². The Labute approximate surface area is 112 Å². The summed E-state index contributed by atoms with van der Waals surface area (Å²) in [6.07, 6.45) is 8.10. The zero-order chi connectivity index (χ0) is 13.6. The van der Waals surface area contributed by atoms with E-state index in [2.05, 4.69) is 17.6 Å². The maximum Gasteiger partial charge on any atom is 0.234 e. The van der Waals surface area contributed by atoms with Crippen molar-refractivity contribution in [3.8, 4) is 0 Å². The standard InChI is InChI=1S/C15H30N2O/c1-12(13-9-7-5-6-8-10-13)16-11-14(18)17-15(2,3)4/h12-13,16H,5-11H2,1-4H3,(H,17,18)/t12-/m1/s1. The molecule has 0 radical (unpaired) electrons. The Hall–Kier alpha value is -0.570. The summed E-state index contributed by atoms with van der Waals surface area (Å²) in [6, 6.07) is 0.453. The summed E-state index contributed by atoms with van der Waals surface area (Å²) in [4.78, 5) is 11.7. The monoisotopic (exact) mass is 254 g/mol. The molecule has 0 aliphatic heterocycles. The number of hydrogen-bond donors (Lipinski definition) is 2. The number of amides is 1. The average molecular weight is 254 g/mol. The Balaban J connectivity index is 2.27. The average Bonchev–Trinajstić information content (AvgIpc) is 2.52. The van der Waals surface area contributed by atoms with Crippen LogP contribution in [0.25, 0.3) is 0 Å². The van der Waals surface area contributed by atoms with Crippen LogP contribution in [0.5, 0.6) is 0 Å². The van der Waals surface area contributed by atoms with E-state index in [-0.39, 0.29) is 11.4 Å². The molecule has 1 saturated carbocycles. The fourth-order valence-electron chi connectivity index (χ4n) is 2.69. The van der Waals surface area contributed by atoms with Crippen LogP contribution in [0.1, 0.15) is 66.2 Å². The zero-order valence-corrected chi connectivity index (χ0v) is 12.5. The Morgan fingerprint density at radius 1 is 1.17 bits per heavy atom. The van der Waals surface area contributed by atoms with Gasteiger partial charge in [-0.1, -0.05) is 25.7 Å². The van der Waals surface area contributed by atoms with E-state index in [1.165, 1.54) is 38.5 Å². The molecule has 0 saturated heterocycles. The maximum atomic E-state index is 11.7. The topological polar surface area (TPSA) is 41.1 Å². The maximum absolute atomic E-state index is 11.7. The molecule has 0 aromatic carbocycles. The summed E-state index contributed by atoms with van der Waals surface area (Å²) in [5.41, 5.74) is -0.135. The highest BCUT2D eigenvalue weighted by Gasteiger charge is 2.20. The third kappa shape index (κ3) is 6.39. The number of rotatable bonds is 4. The second-order valence-electron chi connectivity index (χ2n) is 6.72. The van der Waals surface area contributed by atoms with E-state index in [0.29, 0.717) is 12.6 Å². The van der Waals surface area contributed by atoms with E-state index in [4.69, 9.17) is 0 Å². The minimum Gasteiger partial charge on any atom is -0.350 e. The molecule has 3 heteroatoms. The van der Waals surface area contributed by atoms with Crippen LogP contribution < -0.4 is 10.6 Å². The molecule has 1 fully saturated rings. The van der Waals surface area contributed by atoms with Gasteiger partial charge in [-0.25, -0.2) is 0 Å². The van der Waals surface area contributed by atoms with Crippen molar-refractivity contribution in [3.63, 3.8) is 0 Å². The number of hydrogen-bond acceptors (Lipinski definition) is 2. The number of carbonyl (C=O) groups is 1. The van der Waals surface area contributed by atoms with E-state index >= 15 is 0 Å². The summed E-state index contributed by atoms with van der Waals surface area (Å²) in [5, 5.41) is 6.38. The number of nitrogens with one attached hydrogen (secondary N) is 2. The van der Waals surface area contributed by atoms with Crippen molar-refractivity contribution in [2.75, 3.05) is 6.54 Å². The van der Waals surface area contributed by atoms with Crippen LogP contribution in [0.2, 0.25) is 0 Å². The SMILES string of the molecule is C[C@@H](NCC(=O)NC(C)(C)C)C1CCCCCC1. The Morgan fingerprint density at radius 2 is 1.72 bits per heavy atom. The normalized spacial score (nSPS) is 20.2. The van der Waals surface area contributed by atoms with Gasteiger partial charge < -0.3 is 10.6 Å². The predicted molar refractivity (Wildman–Crippen MR) is 76.6 cm³/mol. The van der Waals surface area contributed by atoms with Crippen molar-refractivity contribution in [2.45, 2.75) is 77.8 Å². The molecule has 1 aliphatic carbocycles. The largest absolute Gasteiger partial charge is 0.350 e. The van der Waals surface area contributed by atoms with Gasteiger partial charge in [0.1, 0.15) is 0 Å². The van der Waals surface area contributed by atoms with Crippen molar-refractivity contribution >= 4 is 5.91 Å². The van der Waals surface area contributed by atoms with Crippen molar-refractivity contribution in [2.24, 2.45) is 5.92 Å². The minimum atomic E-state index is -0.135. The molecule has 1 rings (SSSR count). The fraction of sp³-hybridized carbons (Fsp3) is 0.933. The third-order valence-electron chi connectivity index (χ3n) is 3.71. The lowest BCUT2D eigenvalue weighted by atomic mass is 9.93. The molecule has 0 bridgehead atoms. The summed E-state index contributed by atoms with van der Waals surface area (Å²) in [7, 11) is 0. The Bertz CT molecular complexity index is 250. The van der Waals surface area contributed by atoms with Crippen LogP contribution in [0, 0.1) is 5.92 Å². The molecule has 0 unspecified atom stereocenters. The van der Waals surface area contributed by atoms with Crippen molar-refractivity contribution in [1.29, 1.82) is 0 Å². The lowest BCUT2D eigenvalue weighted by molar-refractivity contribution is -0.121. The van der Waals surface area contributed by atoms with Crippen LogP contribution in [-0.2, 0) is 4.79 Å². The van der Waals surface area contributed by atoms with Gasteiger partial charge in [-0.15, -0.1) is 0 Å². The van der Waals surface area contributed by atoms with Gasteiger partial charge in [-0.2, -0.15) is 0 Å². The van der Waals surface area contributed by atoms with Gasteiger partial charge in [-0.05, 0) is 46.5 Å². The summed E-state index contributed by atoms with van der Waals surface area (Å²) in [6.45, 7) is 8.70. The molecule has 1 amide bonds. The van der Waals surface area contributed by atoms with E-state index in [1.807, 2.05) is 20.8 Å². The second-order valence-corrected chi connectivity index (χ2v) is 6.72. The van der Waals surface area contributed by atoms with Crippen molar-refractivity contribution < 1.29 is 4.79 Å². The highest BCUT2D eigenvalue weighted by molar-refractivity contribution is 5.78. The molecule has 3 nitrogen and oxygen atoms in total. The van der Waals surface area contributed by atoms with E-state index in [0.717, 1.165) is 5.92 Å². The van der Waals surface area contributed by atoms with Crippen LogP contribution in [0.15, 0.2) is 0 Å². The van der Waals surface area contributed by atoms with Crippen LogP contribution in [0.4, 0.5) is 0 Å². The molecule has 0 spiro atoms. The van der Waals surface area contributed by atoms with E-state index in [9.17, 15) is 4.79 Å². The van der Waals surface area contributed by atoms with Gasteiger partial charge >= 0.3 is 0 Å². The molecule has 0 heterocycles. The lowest BCUT2D eigenvalue weighted by Gasteiger charge is -2.25. The van der Waals surface area contributed by atoms with Gasteiger partial charge in [0.25, 0.3) is 0 Å². The van der Waals surface area contributed by atoms with Crippen LogP contribution in [0.3, 0.4) is 0 Å². The lowest BCUT2D eigenvalue weighted by Crippen LogP contribution is -2.47. The molecule has 1 atom stereocenters. The molecule has 2 N–H and O–H groups in total. The first kappa shape index (κ1) is 15.5.